The molecular weight excluding hydrogens is 228 g/mol. The average Bonchev–Trinajstić information content (AvgIpc) is 2.61. The Balaban J connectivity index is 2.11. The zero-order chi connectivity index (χ0) is 12.8. The SMILES string of the molecule is CC12CC/C(=C/C(=O)O)C=C1c1ccccc1O2. The van der Waals surface area contributed by atoms with E-state index in [1.54, 1.807) is 0 Å². The van der Waals surface area contributed by atoms with Crippen LogP contribution < -0.4 is 4.74 Å². The third-order valence-corrected chi connectivity index (χ3v) is 3.61. The Labute approximate surface area is 105 Å². The number of aliphatic carboxylic acids is 1. The lowest BCUT2D eigenvalue weighted by atomic mass is 9.81. The molecule has 3 rings (SSSR count). The van der Waals surface area contributed by atoms with E-state index in [1.165, 1.54) is 6.08 Å². The van der Waals surface area contributed by atoms with Gasteiger partial charge in [0.05, 0.1) is 0 Å². The second-order valence-corrected chi connectivity index (χ2v) is 4.94. The fourth-order valence-corrected chi connectivity index (χ4v) is 2.69. The third kappa shape index (κ3) is 1.63. The van der Waals surface area contributed by atoms with E-state index in [-0.39, 0.29) is 5.60 Å². The van der Waals surface area contributed by atoms with Gasteiger partial charge in [0.25, 0.3) is 0 Å². The fraction of sp³-hybridized carbons (Fsp3) is 0.267. The van der Waals surface area contributed by atoms with Gasteiger partial charge in [0, 0.05) is 17.2 Å². The van der Waals surface area contributed by atoms with Crippen LogP contribution in [0.25, 0.3) is 5.57 Å². The van der Waals surface area contributed by atoms with Gasteiger partial charge in [0.15, 0.2) is 0 Å². The molecule has 0 saturated carbocycles. The van der Waals surface area contributed by atoms with Crippen molar-refractivity contribution in [2.75, 3.05) is 0 Å². The van der Waals surface area contributed by atoms with Crippen LogP contribution in [0.5, 0.6) is 5.75 Å². The van der Waals surface area contributed by atoms with Gasteiger partial charge in [-0.3, -0.25) is 0 Å². The van der Waals surface area contributed by atoms with Crippen molar-refractivity contribution in [3.63, 3.8) is 0 Å². The number of carbonyl (C=O) groups is 1. The monoisotopic (exact) mass is 242 g/mol. The van der Waals surface area contributed by atoms with E-state index < -0.39 is 5.97 Å². The highest BCUT2D eigenvalue weighted by Crippen LogP contribution is 2.49. The highest BCUT2D eigenvalue weighted by Gasteiger charge is 2.41. The molecule has 1 unspecified atom stereocenters. The van der Waals surface area contributed by atoms with E-state index in [2.05, 4.69) is 6.92 Å². The molecule has 1 aliphatic heterocycles. The molecule has 0 amide bonds. The summed E-state index contributed by atoms with van der Waals surface area (Å²) in [5.74, 6) is 0.000443. The number of hydrogen-bond donors (Lipinski definition) is 1. The Morgan fingerprint density at radius 2 is 2.22 bits per heavy atom. The number of para-hydroxylation sites is 1. The van der Waals surface area contributed by atoms with Crippen molar-refractivity contribution >= 4 is 11.5 Å². The first-order valence-electron chi connectivity index (χ1n) is 6.03. The first-order valence-corrected chi connectivity index (χ1v) is 6.03. The molecule has 3 heteroatoms. The molecular formula is C15H14O3. The van der Waals surface area contributed by atoms with Crippen LogP contribution in [-0.2, 0) is 4.79 Å². The summed E-state index contributed by atoms with van der Waals surface area (Å²) in [4.78, 5) is 10.7. The summed E-state index contributed by atoms with van der Waals surface area (Å²) in [6, 6.07) is 7.91. The maximum absolute atomic E-state index is 10.7. The van der Waals surface area contributed by atoms with Crippen LogP contribution in [0.3, 0.4) is 0 Å². The summed E-state index contributed by atoms with van der Waals surface area (Å²) in [6.45, 7) is 2.07. The largest absolute Gasteiger partial charge is 0.482 e. The molecule has 0 bridgehead atoms. The average molecular weight is 242 g/mol. The summed E-state index contributed by atoms with van der Waals surface area (Å²) in [6.07, 6.45) is 4.80. The molecule has 92 valence electrons. The molecule has 0 saturated heterocycles. The summed E-state index contributed by atoms with van der Waals surface area (Å²) < 4.78 is 6.01. The van der Waals surface area contributed by atoms with Crippen molar-refractivity contribution in [1.29, 1.82) is 0 Å². The maximum Gasteiger partial charge on any atom is 0.328 e. The summed E-state index contributed by atoms with van der Waals surface area (Å²) >= 11 is 0. The molecule has 0 fully saturated rings. The van der Waals surface area contributed by atoms with E-state index in [4.69, 9.17) is 9.84 Å². The molecule has 1 aromatic rings. The molecule has 0 radical (unpaired) electrons. The summed E-state index contributed by atoms with van der Waals surface area (Å²) in [5.41, 5.74) is 2.72. The fourth-order valence-electron chi connectivity index (χ4n) is 2.69. The molecule has 0 spiro atoms. The standard InChI is InChI=1S/C15H14O3/c1-15-7-6-10(9-14(16)17)8-12(15)11-4-2-3-5-13(11)18-15/h2-5,8-9H,6-7H2,1H3,(H,16,17)/b10-9-. The van der Waals surface area contributed by atoms with Crippen LogP contribution in [0.15, 0.2) is 42.0 Å². The Morgan fingerprint density at radius 1 is 1.44 bits per heavy atom. The van der Waals surface area contributed by atoms with Crippen molar-refractivity contribution in [3.05, 3.63) is 47.6 Å². The van der Waals surface area contributed by atoms with Gasteiger partial charge in [-0.05, 0) is 31.4 Å². The van der Waals surface area contributed by atoms with Crippen LogP contribution in [0.1, 0.15) is 25.3 Å². The number of ether oxygens (including phenoxy) is 1. The highest BCUT2D eigenvalue weighted by atomic mass is 16.5. The molecule has 1 heterocycles. The van der Waals surface area contributed by atoms with Gasteiger partial charge < -0.3 is 9.84 Å². The minimum absolute atomic E-state index is 0.306. The lowest BCUT2D eigenvalue weighted by Crippen LogP contribution is -2.31. The molecule has 2 aliphatic rings. The zero-order valence-corrected chi connectivity index (χ0v) is 10.1. The van der Waals surface area contributed by atoms with Crippen molar-refractivity contribution in [1.82, 2.24) is 0 Å². The predicted octanol–water partition coefficient (Wildman–Crippen LogP) is 3.03. The summed E-state index contributed by atoms with van der Waals surface area (Å²) in [5, 5.41) is 8.83. The summed E-state index contributed by atoms with van der Waals surface area (Å²) in [7, 11) is 0. The first-order chi connectivity index (χ1) is 8.58. The van der Waals surface area contributed by atoms with Gasteiger partial charge in [0.2, 0.25) is 0 Å². The number of benzene rings is 1. The van der Waals surface area contributed by atoms with Crippen molar-refractivity contribution in [2.24, 2.45) is 0 Å². The Hall–Kier alpha value is -2.03. The van der Waals surface area contributed by atoms with E-state index in [9.17, 15) is 4.79 Å². The smallest absolute Gasteiger partial charge is 0.328 e. The highest BCUT2D eigenvalue weighted by molar-refractivity contribution is 5.86. The van der Waals surface area contributed by atoms with Crippen LogP contribution in [-0.4, -0.2) is 16.7 Å². The van der Waals surface area contributed by atoms with Gasteiger partial charge in [0.1, 0.15) is 11.4 Å². The first kappa shape index (κ1) is 11.1. The normalized spacial score (nSPS) is 27.2. The zero-order valence-electron chi connectivity index (χ0n) is 10.1. The van der Waals surface area contributed by atoms with E-state index >= 15 is 0 Å². The Bertz CT molecular complexity index is 583. The van der Waals surface area contributed by atoms with Gasteiger partial charge in [-0.2, -0.15) is 0 Å². The van der Waals surface area contributed by atoms with Crippen molar-refractivity contribution in [3.8, 4) is 5.75 Å². The number of allylic oxidation sites excluding steroid dienone is 2. The molecule has 1 N–H and O–H groups in total. The lowest BCUT2D eigenvalue weighted by Gasteiger charge is -2.30. The van der Waals surface area contributed by atoms with Crippen LogP contribution >= 0.6 is 0 Å². The second kappa shape index (κ2) is 3.73. The van der Waals surface area contributed by atoms with E-state index in [1.807, 2.05) is 30.3 Å². The van der Waals surface area contributed by atoms with Gasteiger partial charge in [-0.1, -0.05) is 24.3 Å². The number of fused-ring (bicyclic) bond motifs is 3. The molecule has 3 nitrogen and oxygen atoms in total. The number of carboxylic acids is 1. The van der Waals surface area contributed by atoms with Crippen LogP contribution in [0, 0.1) is 0 Å². The Morgan fingerprint density at radius 3 is 3.00 bits per heavy atom. The molecule has 1 aromatic carbocycles. The molecule has 0 aromatic heterocycles. The van der Waals surface area contributed by atoms with E-state index in [0.717, 1.165) is 35.3 Å². The van der Waals surface area contributed by atoms with Gasteiger partial charge >= 0.3 is 5.97 Å². The number of hydrogen-bond acceptors (Lipinski definition) is 2. The van der Waals surface area contributed by atoms with E-state index in [0.29, 0.717) is 0 Å². The minimum Gasteiger partial charge on any atom is -0.482 e. The minimum atomic E-state index is -0.891. The number of carboxylic acid groups (broad SMARTS) is 1. The third-order valence-electron chi connectivity index (χ3n) is 3.61. The topological polar surface area (TPSA) is 46.5 Å². The molecule has 18 heavy (non-hydrogen) atoms. The van der Waals surface area contributed by atoms with Crippen LogP contribution in [0.2, 0.25) is 0 Å². The number of rotatable bonds is 1. The molecule has 1 aliphatic carbocycles. The van der Waals surface area contributed by atoms with Crippen molar-refractivity contribution in [2.45, 2.75) is 25.4 Å². The maximum atomic E-state index is 10.7. The van der Waals surface area contributed by atoms with Gasteiger partial charge in [-0.25, -0.2) is 4.79 Å². The van der Waals surface area contributed by atoms with Gasteiger partial charge in [-0.15, -0.1) is 0 Å². The Kier molecular flexibility index (Phi) is 2.30. The molecule has 1 atom stereocenters. The van der Waals surface area contributed by atoms with Crippen LogP contribution in [0.4, 0.5) is 0 Å². The lowest BCUT2D eigenvalue weighted by molar-refractivity contribution is -0.131. The second-order valence-electron chi connectivity index (χ2n) is 4.94. The van der Waals surface area contributed by atoms with Crippen molar-refractivity contribution < 1.29 is 14.6 Å². The predicted molar refractivity (Wildman–Crippen MR) is 68.4 cm³/mol. The quantitative estimate of drug-likeness (QED) is 0.770.